The van der Waals surface area contributed by atoms with Gasteiger partial charge in [-0.05, 0) is 51.9 Å². The summed E-state index contributed by atoms with van der Waals surface area (Å²) >= 11 is 0. The summed E-state index contributed by atoms with van der Waals surface area (Å²) in [6, 6.07) is 61.8. The molecule has 0 N–H and O–H groups in total. The quantitative estimate of drug-likeness (QED) is 0.188. The number of hydrogen-bond acceptors (Lipinski definition) is 3. The zero-order chi connectivity index (χ0) is 34.2. The van der Waals surface area contributed by atoms with Gasteiger partial charge in [0.05, 0.1) is 27.8 Å². The standard InChI is InChI=1S/C47H29N5/c1-4-16-30(17-5-1)37-28-40-42(29-38(37)31-18-6-2-7-19-31)51-45(48-40)34-23-11-10-22-33(34)43-36-25-13-15-27-41(36)52(46(43)51)47-49-39-26-14-12-24-35(39)44(50-47)32-20-8-3-9-21-32/h1-29H. The zero-order valence-electron chi connectivity index (χ0n) is 28.0. The molecule has 0 unspecified atom stereocenters. The summed E-state index contributed by atoms with van der Waals surface area (Å²) in [6.45, 7) is 0. The number of aromatic nitrogens is 5. The molecule has 0 saturated heterocycles. The summed E-state index contributed by atoms with van der Waals surface area (Å²) in [5, 5.41) is 5.54. The molecule has 5 nitrogen and oxygen atoms in total. The zero-order valence-corrected chi connectivity index (χ0v) is 28.0. The number of rotatable bonds is 4. The smallest absolute Gasteiger partial charge is 0.236 e. The number of pyridine rings is 1. The van der Waals surface area contributed by atoms with E-state index in [1.165, 1.54) is 0 Å². The van der Waals surface area contributed by atoms with E-state index in [-0.39, 0.29) is 0 Å². The average Bonchev–Trinajstić information content (AvgIpc) is 3.77. The van der Waals surface area contributed by atoms with Gasteiger partial charge in [-0.3, -0.25) is 8.97 Å². The number of nitrogens with zero attached hydrogens (tertiary/aromatic N) is 5. The molecule has 11 rings (SSSR count). The second kappa shape index (κ2) is 11.2. The SMILES string of the molecule is c1ccc(-c2cc3nc4c5ccccc5c5c6ccccc6n(-c6nc(-c7ccccc7)c7ccccc7n6)c5n4c3cc2-c2ccccc2)cc1. The highest BCUT2D eigenvalue weighted by Crippen LogP contribution is 2.42. The Balaban J connectivity index is 1.35. The fourth-order valence-corrected chi connectivity index (χ4v) is 8.01. The number of para-hydroxylation sites is 2. The Morgan fingerprint density at radius 3 is 1.65 bits per heavy atom. The van der Waals surface area contributed by atoms with Gasteiger partial charge < -0.3 is 0 Å². The van der Waals surface area contributed by atoms with Crippen LogP contribution in [0.4, 0.5) is 0 Å². The molecular formula is C47H29N5. The molecule has 0 bridgehead atoms. The van der Waals surface area contributed by atoms with Crippen molar-refractivity contribution in [1.29, 1.82) is 0 Å². The fourth-order valence-electron chi connectivity index (χ4n) is 8.01. The van der Waals surface area contributed by atoms with Gasteiger partial charge in [0.15, 0.2) is 0 Å². The van der Waals surface area contributed by atoms with Gasteiger partial charge >= 0.3 is 0 Å². The molecule has 0 fully saturated rings. The van der Waals surface area contributed by atoms with Crippen molar-refractivity contribution in [3.05, 3.63) is 176 Å². The van der Waals surface area contributed by atoms with Crippen LogP contribution in [0.2, 0.25) is 0 Å². The number of benzene rings is 7. The summed E-state index contributed by atoms with van der Waals surface area (Å²) in [6.07, 6.45) is 0. The Hall–Kier alpha value is -7.11. The van der Waals surface area contributed by atoms with Crippen LogP contribution in [0, 0.1) is 0 Å². The molecule has 0 aliphatic carbocycles. The third-order valence-corrected chi connectivity index (χ3v) is 10.3. The van der Waals surface area contributed by atoms with Crippen molar-refractivity contribution in [3.8, 4) is 39.5 Å². The Morgan fingerprint density at radius 2 is 0.942 bits per heavy atom. The van der Waals surface area contributed by atoms with Crippen LogP contribution in [0.3, 0.4) is 0 Å². The highest BCUT2D eigenvalue weighted by Gasteiger charge is 2.24. The molecule has 0 saturated carbocycles. The van der Waals surface area contributed by atoms with Crippen molar-refractivity contribution in [2.24, 2.45) is 0 Å². The first-order valence-corrected chi connectivity index (χ1v) is 17.6. The molecule has 0 amide bonds. The number of hydrogen-bond donors (Lipinski definition) is 0. The monoisotopic (exact) mass is 663 g/mol. The second-order valence-electron chi connectivity index (χ2n) is 13.2. The molecule has 0 aliphatic rings. The predicted molar refractivity (Wildman–Crippen MR) is 214 cm³/mol. The van der Waals surface area contributed by atoms with Gasteiger partial charge in [-0.1, -0.05) is 152 Å². The van der Waals surface area contributed by atoms with Gasteiger partial charge in [0, 0.05) is 27.1 Å². The van der Waals surface area contributed by atoms with E-state index in [0.717, 1.165) is 93.8 Å². The van der Waals surface area contributed by atoms with Gasteiger partial charge in [0.25, 0.3) is 0 Å². The van der Waals surface area contributed by atoms with E-state index in [9.17, 15) is 0 Å². The van der Waals surface area contributed by atoms with Crippen LogP contribution in [-0.2, 0) is 0 Å². The summed E-state index contributed by atoms with van der Waals surface area (Å²) in [5.41, 5.74) is 12.3. The minimum absolute atomic E-state index is 0.617. The lowest BCUT2D eigenvalue weighted by molar-refractivity contribution is 0.991. The highest BCUT2D eigenvalue weighted by atomic mass is 15.2. The molecule has 4 heterocycles. The van der Waals surface area contributed by atoms with Crippen molar-refractivity contribution in [1.82, 2.24) is 23.9 Å². The van der Waals surface area contributed by atoms with Crippen molar-refractivity contribution in [2.45, 2.75) is 0 Å². The van der Waals surface area contributed by atoms with Crippen LogP contribution in [0.5, 0.6) is 0 Å². The normalized spacial score (nSPS) is 11.8. The first kappa shape index (κ1) is 28.7. The molecule has 5 heteroatoms. The Labute approximate surface area is 298 Å². The number of imidazole rings is 1. The molecule has 242 valence electrons. The lowest BCUT2D eigenvalue weighted by Crippen LogP contribution is -2.06. The van der Waals surface area contributed by atoms with Crippen LogP contribution in [0.15, 0.2) is 176 Å². The maximum absolute atomic E-state index is 5.44. The van der Waals surface area contributed by atoms with Gasteiger partial charge in [0.1, 0.15) is 11.3 Å². The van der Waals surface area contributed by atoms with Crippen LogP contribution in [0.25, 0.3) is 99.8 Å². The fraction of sp³-hybridized carbons (Fsp3) is 0. The summed E-state index contributed by atoms with van der Waals surface area (Å²) in [5.74, 6) is 0.617. The van der Waals surface area contributed by atoms with Gasteiger partial charge in [-0.2, -0.15) is 0 Å². The second-order valence-corrected chi connectivity index (χ2v) is 13.2. The number of fused-ring (bicyclic) bond motifs is 11. The average molecular weight is 664 g/mol. The van der Waals surface area contributed by atoms with E-state index < -0.39 is 0 Å². The topological polar surface area (TPSA) is 48.0 Å². The lowest BCUT2D eigenvalue weighted by Gasteiger charge is -2.14. The molecule has 0 spiro atoms. The minimum Gasteiger partial charge on any atom is -0.277 e. The highest BCUT2D eigenvalue weighted by molar-refractivity contribution is 6.24. The maximum atomic E-state index is 5.44. The van der Waals surface area contributed by atoms with E-state index in [1.54, 1.807) is 0 Å². The molecule has 0 atom stereocenters. The summed E-state index contributed by atoms with van der Waals surface area (Å²) in [4.78, 5) is 16.1. The van der Waals surface area contributed by atoms with E-state index in [0.29, 0.717) is 5.95 Å². The van der Waals surface area contributed by atoms with Crippen molar-refractivity contribution in [3.63, 3.8) is 0 Å². The van der Waals surface area contributed by atoms with E-state index in [4.69, 9.17) is 15.0 Å². The third-order valence-electron chi connectivity index (χ3n) is 10.3. The lowest BCUT2D eigenvalue weighted by atomic mass is 9.94. The van der Waals surface area contributed by atoms with Gasteiger partial charge in [-0.15, -0.1) is 0 Å². The summed E-state index contributed by atoms with van der Waals surface area (Å²) < 4.78 is 4.59. The minimum atomic E-state index is 0.617. The molecule has 52 heavy (non-hydrogen) atoms. The molecular weight excluding hydrogens is 635 g/mol. The Kier molecular flexibility index (Phi) is 6.18. The maximum Gasteiger partial charge on any atom is 0.236 e. The van der Waals surface area contributed by atoms with E-state index >= 15 is 0 Å². The third kappa shape index (κ3) is 4.20. The Bertz CT molecular complexity index is 3160. The van der Waals surface area contributed by atoms with Crippen LogP contribution in [0.1, 0.15) is 0 Å². The van der Waals surface area contributed by atoms with Crippen molar-refractivity contribution >= 4 is 60.3 Å². The molecule has 0 radical (unpaired) electrons. The van der Waals surface area contributed by atoms with E-state index in [1.807, 2.05) is 12.1 Å². The predicted octanol–water partition coefficient (Wildman–Crippen LogP) is 11.7. The van der Waals surface area contributed by atoms with Gasteiger partial charge in [0.2, 0.25) is 5.95 Å². The molecule has 11 aromatic rings. The van der Waals surface area contributed by atoms with Crippen LogP contribution < -0.4 is 0 Å². The van der Waals surface area contributed by atoms with Crippen LogP contribution in [-0.4, -0.2) is 23.9 Å². The van der Waals surface area contributed by atoms with Crippen molar-refractivity contribution < 1.29 is 0 Å². The molecule has 4 aromatic heterocycles. The first-order chi connectivity index (χ1) is 25.8. The van der Waals surface area contributed by atoms with Gasteiger partial charge in [-0.25, -0.2) is 15.0 Å². The largest absolute Gasteiger partial charge is 0.277 e. The van der Waals surface area contributed by atoms with E-state index in [2.05, 4.69) is 173 Å². The molecule has 0 aliphatic heterocycles. The van der Waals surface area contributed by atoms with Crippen LogP contribution >= 0.6 is 0 Å². The summed E-state index contributed by atoms with van der Waals surface area (Å²) in [7, 11) is 0. The van der Waals surface area contributed by atoms with Crippen molar-refractivity contribution in [2.75, 3.05) is 0 Å². The first-order valence-electron chi connectivity index (χ1n) is 17.6. The molecule has 7 aromatic carbocycles. The Morgan fingerprint density at radius 1 is 0.385 bits per heavy atom.